The largest absolute Gasteiger partial charge is 0.748 e. The summed E-state index contributed by atoms with van der Waals surface area (Å²) in [7, 11) is -8.69. The van der Waals surface area contributed by atoms with Crippen molar-refractivity contribution in [2.45, 2.75) is 63.2 Å². The molecule has 2 N–H and O–H groups in total. The van der Waals surface area contributed by atoms with Crippen LogP contribution < -0.4 is 4.90 Å². The van der Waals surface area contributed by atoms with E-state index in [1.807, 2.05) is 75.4 Å². The van der Waals surface area contributed by atoms with Crippen LogP contribution in [0.5, 0.6) is 0 Å². The smallest absolute Gasteiger partial charge is 0.294 e. The molecule has 2 aliphatic heterocycles. The number of benzene rings is 2. The van der Waals surface area contributed by atoms with Crippen molar-refractivity contribution in [1.29, 1.82) is 0 Å². The Hall–Kier alpha value is -3.08. The van der Waals surface area contributed by atoms with Crippen molar-refractivity contribution in [1.82, 2.24) is 0 Å². The van der Waals surface area contributed by atoms with Gasteiger partial charge in [-0.15, -0.1) is 4.33 Å². The highest BCUT2D eigenvalue weighted by Crippen LogP contribution is 2.48. The number of nitrogens with zero attached hydrogens (tertiary/aromatic N) is 2. The van der Waals surface area contributed by atoms with E-state index in [1.54, 1.807) is 6.07 Å². The summed E-state index contributed by atoms with van der Waals surface area (Å²) in [5.74, 6) is 0.110. The quantitative estimate of drug-likeness (QED) is 0.0402. The highest BCUT2D eigenvalue weighted by Gasteiger charge is 2.45. The molecule has 260 valence electrons. The second kappa shape index (κ2) is 15.2. The fourth-order valence-corrected chi connectivity index (χ4v) is 7.66. The van der Waals surface area contributed by atoms with Crippen molar-refractivity contribution in [2.24, 2.45) is 0 Å². The number of hydrogen-bond donors (Lipinski definition) is 2. The first kappa shape index (κ1) is 37.7. The monoisotopic (exact) mass is 718 g/mol. The third-order valence-electron chi connectivity index (χ3n) is 8.63. The summed E-state index contributed by atoms with van der Waals surface area (Å²) in [6.07, 6.45) is 14.4. The number of rotatable bonds is 15. The Labute approximate surface area is 287 Å². The van der Waals surface area contributed by atoms with E-state index >= 15 is 0 Å². The Kier molecular flexibility index (Phi) is 12.0. The SMILES string of the molecule is Cc1ccc2c(c1)C(C)(C)\C(=C/C=C/C=C/C=C/C1=[N+](CCCSOOO)c3ccc(S(=O)(=O)O)cc3C1(C)C)N2CCCS(=O)(=O)[O-]. The van der Waals surface area contributed by atoms with Gasteiger partial charge in [0.15, 0.2) is 5.71 Å². The lowest BCUT2D eigenvalue weighted by atomic mass is 9.81. The molecular weight excluding hydrogens is 677 g/mol. The molecule has 0 saturated carbocycles. The summed E-state index contributed by atoms with van der Waals surface area (Å²) in [5.41, 5.74) is 5.90. The summed E-state index contributed by atoms with van der Waals surface area (Å²) in [5, 5.41) is 12.1. The minimum atomic E-state index is -4.38. The molecule has 0 amide bonds. The molecule has 0 aliphatic carbocycles. The van der Waals surface area contributed by atoms with Gasteiger partial charge in [0.2, 0.25) is 5.69 Å². The van der Waals surface area contributed by atoms with Crippen LogP contribution in [0.25, 0.3) is 0 Å². The lowest BCUT2D eigenvalue weighted by molar-refractivity contribution is -0.438. The Morgan fingerprint density at radius 3 is 2.33 bits per heavy atom. The maximum atomic E-state index is 11.9. The van der Waals surface area contributed by atoms with Crippen LogP contribution in [0.15, 0.2) is 89.5 Å². The molecule has 11 nitrogen and oxygen atoms in total. The minimum Gasteiger partial charge on any atom is -0.748 e. The molecule has 0 aromatic heterocycles. The van der Waals surface area contributed by atoms with Crippen LogP contribution in [-0.2, 0) is 40.4 Å². The average molecular weight is 719 g/mol. The lowest BCUT2D eigenvalue weighted by Crippen LogP contribution is -2.28. The Morgan fingerprint density at radius 1 is 0.938 bits per heavy atom. The highest BCUT2D eigenvalue weighted by atomic mass is 32.2. The lowest BCUT2D eigenvalue weighted by Gasteiger charge is -2.27. The molecule has 2 aliphatic rings. The van der Waals surface area contributed by atoms with Gasteiger partial charge in [0, 0.05) is 71.0 Å². The van der Waals surface area contributed by atoms with Gasteiger partial charge in [-0.05, 0) is 57.0 Å². The molecule has 48 heavy (non-hydrogen) atoms. The zero-order chi connectivity index (χ0) is 35.3. The summed E-state index contributed by atoms with van der Waals surface area (Å²) >= 11 is 0.963. The molecule has 2 aromatic carbocycles. The molecule has 0 fully saturated rings. The van der Waals surface area contributed by atoms with Gasteiger partial charge in [0.1, 0.15) is 6.54 Å². The maximum absolute atomic E-state index is 11.9. The normalized spacial score (nSPS) is 18.2. The molecular formula is C34H42N2O9S3. The molecule has 4 rings (SSSR count). The van der Waals surface area contributed by atoms with Gasteiger partial charge in [0.05, 0.1) is 20.4 Å². The van der Waals surface area contributed by atoms with E-state index in [-0.39, 0.29) is 16.7 Å². The summed E-state index contributed by atoms with van der Waals surface area (Å²) < 4.78 is 73.8. The predicted octanol–water partition coefficient (Wildman–Crippen LogP) is 6.36. The summed E-state index contributed by atoms with van der Waals surface area (Å²) in [6.45, 7) is 11.3. The molecule has 0 spiro atoms. The zero-order valence-electron chi connectivity index (χ0n) is 27.6. The van der Waals surface area contributed by atoms with Gasteiger partial charge in [-0.3, -0.25) is 4.55 Å². The molecule has 0 unspecified atom stereocenters. The Bertz CT molecular complexity index is 1890. The molecule has 14 heteroatoms. The maximum Gasteiger partial charge on any atom is 0.294 e. The van der Waals surface area contributed by atoms with Gasteiger partial charge in [-0.25, -0.2) is 13.7 Å². The van der Waals surface area contributed by atoms with Gasteiger partial charge in [-0.1, -0.05) is 67.0 Å². The van der Waals surface area contributed by atoms with Crippen LogP contribution in [0.3, 0.4) is 0 Å². The predicted molar refractivity (Wildman–Crippen MR) is 187 cm³/mol. The van der Waals surface area contributed by atoms with E-state index in [0.717, 1.165) is 51.5 Å². The van der Waals surface area contributed by atoms with Crippen molar-refractivity contribution in [2.75, 3.05) is 29.5 Å². The van der Waals surface area contributed by atoms with Crippen LogP contribution in [0.2, 0.25) is 0 Å². The second-order valence-electron chi connectivity index (χ2n) is 12.7. The van der Waals surface area contributed by atoms with Gasteiger partial charge >= 0.3 is 0 Å². The molecule has 2 heterocycles. The molecule has 0 saturated heterocycles. The van der Waals surface area contributed by atoms with Crippen molar-refractivity contribution in [3.8, 4) is 0 Å². The van der Waals surface area contributed by atoms with E-state index in [0.29, 0.717) is 25.3 Å². The van der Waals surface area contributed by atoms with E-state index in [2.05, 4.69) is 38.8 Å². The Morgan fingerprint density at radius 2 is 1.65 bits per heavy atom. The van der Waals surface area contributed by atoms with E-state index < -0.39 is 31.4 Å². The number of anilines is 1. The second-order valence-corrected chi connectivity index (χ2v) is 16.5. The number of hydrogen-bond acceptors (Lipinski definition) is 10. The topological polar surface area (TPSA) is 157 Å². The first-order chi connectivity index (χ1) is 22.5. The van der Waals surface area contributed by atoms with Gasteiger partial charge < -0.3 is 9.45 Å². The third kappa shape index (κ3) is 8.74. The van der Waals surface area contributed by atoms with Gasteiger partial charge in [0.25, 0.3) is 10.1 Å². The number of fused-ring (bicyclic) bond motifs is 2. The number of aryl methyl sites for hydroxylation is 1. The molecule has 2 aromatic rings. The minimum absolute atomic E-state index is 0.166. The number of allylic oxidation sites excluding steroid dienone is 8. The summed E-state index contributed by atoms with van der Waals surface area (Å²) in [6, 6.07) is 10.8. The molecule has 0 atom stereocenters. The van der Waals surface area contributed by atoms with Crippen LogP contribution in [-0.4, -0.2) is 66.1 Å². The summed E-state index contributed by atoms with van der Waals surface area (Å²) in [4.78, 5) is 1.92. The van der Waals surface area contributed by atoms with Crippen LogP contribution in [0, 0.1) is 6.92 Å². The van der Waals surface area contributed by atoms with E-state index in [9.17, 15) is 25.9 Å². The third-order valence-corrected chi connectivity index (χ3v) is 10.9. The van der Waals surface area contributed by atoms with Crippen LogP contribution >= 0.6 is 12.0 Å². The van der Waals surface area contributed by atoms with Gasteiger partial charge in [-0.2, -0.15) is 13.0 Å². The van der Waals surface area contributed by atoms with Crippen LogP contribution in [0.4, 0.5) is 11.4 Å². The first-order valence-electron chi connectivity index (χ1n) is 15.4. The average Bonchev–Trinajstić information content (AvgIpc) is 3.33. The van der Waals surface area contributed by atoms with Crippen molar-refractivity contribution < 1.29 is 45.1 Å². The molecule has 0 bridgehead atoms. The molecule has 0 radical (unpaired) electrons. The fourth-order valence-electron chi connectivity index (χ4n) is 6.31. The van der Waals surface area contributed by atoms with E-state index in [1.165, 1.54) is 12.1 Å². The van der Waals surface area contributed by atoms with Crippen molar-refractivity contribution in [3.63, 3.8) is 0 Å². The fraction of sp³-hybridized carbons (Fsp3) is 0.382. The van der Waals surface area contributed by atoms with E-state index in [4.69, 9.17) is 5.26 Å². The standard InChI is InChI=1S/C34H42N2O9S3/c1-25-15-17-29-27(23-25)33(2,3)31(36(29)20-12-22-47(38,39)40)13-9-7-6-8-10-14-32-34(4,5)28-24-26(48(41,42)43)16-18-30(28)35(32)19-11-21-46-45-44-37/h6-10,13-18,23-24H,11-12,19-22H2,1-5H3,(H2-,37,38,39,40,41,42,43). The zero-order valence-corrected chi connectivity index (χ0v) is 30.1. The first-order valence-corrected chi connectivity index (χ1v) is 19.3. The van der Waals surface area contributed by atoms with Crippen molar-refractivity contribution in [3.05, 3.63) is 101 Å². The highest BCUT2D eigenvalue weighted by molar-refractivity contribution is 7.94. The van der Waals surface area contributed by atoms with Crippen molar-refractivity contribution >= 4 is 49.4 Å². The Balaban J connectivity index is 1.56. The van der Waals surface area contributed by atoms with Crippen LogP contribution in [0.1, 0.15) is 57.2 Å².